The van der Waals surface area contributed by atoms with Gasteiger partial charge in [0.25, 0.3) is 0 Å². The Labute approximate surface area is 146 Å². The molecule has 137 valence electrons. The molecule has 0 aliphatic carbocycles. The molecule has 0 heterocycles. The quantitative estimate of drug-likeness (QED) is 0.263. The number of allylic oxidation sites excluding steroid dienone is 3. The minimum atomic E-state index is -1.40. The minimum Gasteiger partial charge on any atom is -0.481 e. The van der Waals surface area contributed by atoms with E-state index in [-0.39, 0.29) is 0 Å². The van der Waals surface area contributed by atoms with Gasteiger partial charge < -0.3 is 9.84 Å². The van der Waals surface area contributed by atoms with Crippen molar-refractivity contribution >= 4 is 47.3 Å². The van der Waals surface area contributed by atoms with Gasteiger partial charge in [-0.2, -0.15) is 0 Å². The van der Waals surface area contributed by atoms with Crippen LogP contribution in [0.3, 0.4) is 0 Å². The minimum absolute atomic E-state index is 0.534. The van der Waals surface area contributed by atoms with Crippen molar-refractivity contribution in [1.82, 2.24) is 0 Å². The SMILES string of the molecule is O=[C]/C=C/C(=O)CC(=O)CC(=O)OC(=O)/C=C/C(=O)CC(=O)CC(=O)O. The summed E-state index contributed by atoms with van der Waals surface area (Å²) in [4.78, 5) is 87.6. The number of carbonyl (C=O) groups is 7. The topological polar surface area (TPSA) is 166 Å². The molecule has 0 unspecified atom stereocenters. The zero-order valence-corrected chi connectivity index (χ0v) is 13.3. The monoisotopic (exact) mass is 365 g/mol. The van der Waals surface area contributed by atoms with E-state index >= 15 is 0 Å². The Balaban J connectivity index is 4.33. The zero-order chi connectivity index (χ0) is 20.1. The van der Waals surface area contributed by atoms with E-state index in [0.717, 1.165) is 12.2 Å². The maximum absolute atomic E-state index is 11.4. The summed E-state index contributed by atoms with van der Waals surface area (Å²) >= 11 is 0. The van der Waals surface area contributed by atoms with Gasteiger partial charge >= 0.3 is 17.9 Å². The van der Waals surface area contributed by atoms with Crippen LogP contribution in [0.1, 0.15) is 25.7 Å². The van der Waals surface area contributed by atoms with Crippen molar-refractivity contribution in [2.45, 2.75) is 25.7 Å². The zero-order valence-electron chi connectivity index (χ0n) is 13.3. The van der Waals surface area contributed by atoms with E-state index in [9.17, 15) is 38.4 Å². The molecule has 1 N–H and O–H groups in total. The van der Waals surface area contributed by atoms with Crippen LogP contribution in [-0.4, -0.2) is 52.4 Å². The smallest absolute Gasteiger partial charge is 0.338 e. The van der Waals surface area contributed by atoms with Gasteiger partial charge in [0.15, 0.2) is 23.1 Å². The van der Waals surface area contributed by atoms with Crippen molar-refractivity contribution in [2.24, 2.45) is 0 Å². The molecule has 0 aliphatic heterocycles. The molecule has 26 heavy (non-hydrogen) atoms. The molecule has 1 radical (unpaired) electrons. The maximum atomic E-state index is 11.4. The second-order valence-electron chi connectivity index (χ2n) is 4.69. The Kier molecular flexibility index (Phi) is 10.3. The van der Waals surface area contributed by atoms with Gasteiger partial charge in [0, 0.05) is 6.08 Å². The summed E-state index contributed by atoms with van der Waals surface area (Å²) in [5, 5.41) is 8.35. The van der Waals surface area contributed by atoms with Gasteiger partial charge in [-0.15, -0.1) is 0 Å². The van der Waals surface area contributed by atoms with E-state index in [4.69, 9.17) is 5.11 Å². The second kappa shape index (κ2) is 11.9. The second-order valence-corrected chi connectivity index (χ2v) is 4.69. The van der Waals surface area contributed by atoms with Gasteiger partial charge in [0.2, 0.25) is 6.29 Å². The molecule has 0 saturated carbocycles. The molecule has 0 aromatic rings. The normalized spacial score (nSPS) is 10.5. The van der Waals surface area contributed by atoms with Crippen LogP contribution in [0.25, 0.3) is 0 Å². The summed E-state index contributed by atoms with van der Waals surface area (Å²) < 4.78 is 4.20. The van der Waals surface area contributed by atoms with Crippen molar-refractivity contribution in [3.05, 3.63) is 24.3 Å². The Hall–Kier alpha value is -3.56. The molecule has 10 nitrogen and oxygen atoms in total. The predicted octanol–water partition coefficient (Wildman–Crippen LogP) is -0.800. The molecule has 0 fully saturated rings. The molecular formula is C16H13O10. The van der Waals surface area contributed by atoms with Crippen LogP contribution in [0.4, 0.5) is 0 Å². The number of hydrogen-bond donors (Lipinski definition) is 1. The van der Waals surface area contributed by atoms with Crippen molar-refractivity contribution in [3.8, 4) is 0 Å². The highest BCUT2D eigenvalue weighted by molar-refractivity contribution is 6.12. The van der Waals surface area contributed by atoms with Crippen LogP contribution in [0.5, 0.6) is 0 Å². The number of ketones is 4. The number of hydrogen-bond acceptors (Lipinski definition) is 9. The number of rotatable bonds is 12. The lowest BCUT2D eigenvalue weighted by Crippen LogP contribution is -2.16. The molecule has 0 rings (SSSR count). The number of aliphatic carboxylic acids is 1. The summed E-state index contributed by atoms with van der Waals surface area (Å²) in [5.74, 6) is -7.30. The largest absolute Gasteiger partial charge is 0.481 e. The molecule has 0 aromatic carbocycles. The summed E-state index contributed by atoms with van der Waals surface area (Å²) in [7, 11) is 0. The first-order valence-corrected chi connectivity index (χ1v) is 6.91. The lowest BCUT2D eigenvalue weighted by atomic mass is 10.1. The van der Waals surface area contributed by atoms with Crippen LogP contribution in [0.2, 0.25) is 0 Å². The van der Waals surface area contributed by atoms with Crippen molar-refractivity contribution < 1.29 is 48.2 Å². The fraction of sp³-hybridized carbons (Fsp3) is 0.250. The molecule has 10 heteroatoms. The Bertz CT molecular complexity index is 696. The molecule has 0 atom stereocenters. The van der Waals surface area contributed by atoms with E-state index in [1.807, 2.05) is 0 Å². The molecular weight excluding hydrogens is 352 g/mol. The van der Waals surface area contributed by atoms with E-state index in [0.29, 0.717) is 12.2 Å². The fourth-order valence-corrected chi connectivity index (χ4v) is 1.43. The Morgan fingerprint density at radius 2 is 1.31 bits per heavy atom. The maximum Gasteiger partial charge on any atom is 0.338 e. The number of carboxylic acid groups (broad SMARTS) is 1. The van der Waals surface area contributed by atoms with Crippen molar-refractivity contribution in [1.29, 1.82) is 0 Å². The summed E-state index contributed by atoms with van der Waals surface area (Å²) in [6.07, 6.45) is 0.860. The van der Waals surface area contributed by atoms with Crippen LogP contribution < -0.4 is 0 Å². The van der Waals surface area contributed by atoms with E-state index in [1.54, 1.807) is 0 Å². The van der Waals surface area contributed by atoms with E-state index in [1.165, 1.54) is 6.29 Å². The van der Waals surface area contributed by atoms with E-state index < -0.39 is 66.7 Å². The van der Waals surface area contributed by atoms with Crippen LogP contribution in [-0.2, 0) is 43.1 Å². The van der Waals surface area contributed by atoms with Gasteiger partial charge in [-0.05, 0) is 18.2 Å². The van der Waals surface area contributed by atoms with E-state index in [2.05, 4.69) is 4.74 Å². The van der Waals surface area contributed by atoms with Crippen molar-refractivity contribution in [3.63, 3.8) is 0 Å². The highest BCUT2D eigenvalue weighted by atomic mass is 16.6. The van der Waals surface area contributed by atoms with Crippen molar-refractivity contribution in [2.75, 3.05) is 0 Å². The lowest BCUT2D eigenvalue weighted by Gasteiger charge is -1.99. The Morgan fingerprint density at radius 3 is 1.85 bits per heavy atom. The first kappa shape index (κ1) is 22.4. The highest BCUT2D eigenvalue weighted by Crippen LogP contribution is 1.98. The molecule has 0 amide bonds. The van der Waals surface area contributed by atoms with Gasteiger partial charge in [-0.1, -0.05) is 0 Å². The molecule has 0 saturated heterocycles. The first-order valence-electron chi connectivity index (χ1n) is 6.91. The summed E-state index contributed by atoms with van der Waals surface area (Å²) in [6, 6.07) is 0. The predicted molar refractivity (Wildman–Crippen MR) is 81.2 cm³/mol. The molecule has 0 spiro atoms. The highest BCUT2D eigenvalue weighted by Gasteiger charge is 2.16. The number of ether oxygens (including phenoxy) is 1. The number of carbonyl (C=O) groups excluding carboxylic acids is 7. The summed E-state index contributed by atoms with van der Waals surface area (Å²) in [6.45, 7) is 0. The third kappa shape index (κ3) is 11.9. The fourth-order valence-electron chi connectivity index (χ4n) is 1.43. The lowest BCUT2D eigenvalue weighted by molar-refractivity contribution is -0.157. The molecule has 0 bridgehead atoms. The first-order chi connectivity index (χ1) is 12.1. The van der Waals surface area contributed by atoms with Crippen LogP contribution in [0.15, 0.2) is 24.3 Å². The molecule has 0 aliphatic rings. The number of carboxylic acids is 1. The standard InChI is InChI=1S/C16H13O10/c17-5-1-2-10(18)6-13(21)9-16(25)26-15(24)4-3-11(19)7-12(20)8-14(22)23/h1-4H,6-9H2,(H,22,23)/b2-1+,4-3+. The number of Topliss-reactive ketones (excluding diaryl/α,β-unsaturated/α-hetero) is 2. The average molecular weight is 365 g/mol. The third-order valence-corrected chi connectivity index (χ3v) is 2.39. The Morgan fingerprint density at radius 1 is 0.769 bits per heavy atom. The third-order valence-electron chi connectivity index (χ3n) is 2.39. The van der Waals surface area contributed by atoms with Crippen LogP contribution in [0, 0.1) is 0 Å². The van der Waals surface area contributed by atoms with Crippen LogP contribution >= 0.6 is 0 Å². The van der Waals surface area contributed by atoms with Gasteiger partial charge in [0.1, 0.15) is 12.8 Å². The number of esters is 2. The van der Waals surface area contributed by atoms with Gasteiger partial charge in [-0.25, -0.2) is 4.79 Å². The van der Waals surface area contributed by atoms with Gasteiger partial charge in [-0.3, -0.25) is 33.6 Å². The average Bonchev–Trinajstić information content (AvgIpc) is 2.49. The molecule has 0 aromatic heterocycles. The summed E-state index contributed by atoms with van der Waals surface area (Å²) in [5.41, 5.74) is 0. The van der Waals surface area contributed by atoms with Gasteiger partial charge in [0.05, 0.1) is 12.8 Å².